The molecule has 6 heteroatoms. The molecule has 0 fully saturated rings. The molecule has 0 N–H and O–H groups in total. The monoisotopic (exact) mass is 985 g/mol. The first-order valence-electron chi connectivity index (χ1n) is 31.3. The Morgan fingerprint density at radius 3 is 0.829 bits per heavy atom. The summed E-state index contributed by atoms with van der Waals surface area (Å²) in [6.07, 6.45) is 70.4. The van der Waals surface area contributed by atoms with Gasteiger partial charge >= 0.3 is 17.9 Å². The highest BCUT2D eigenvalue weighted by atomic mass is 16.6. The van der Waals surface area contributed by atoms with E-state index in [4.69, 9.17) is 14.2 Å². The lowest BCUT2D eigenvalue weighted by Crippen LogP contribution is -2.30. The van der Waals surface area contributed by atoms with Gasteiger partial charge in [-0.25, -0.2) is 0 Å². The van der Waals surface area contributed by atoms with Gasteiger partial charge in [0.25, 0.3) is 0 Å². The van der Waals surface area contributed by atoms with Crippen molar-refractivity contribution in [3.63, 3.8) is 0 Å². The molecule has 0 unspecified atom stereocenters. The Morgan fingerprint density at radius 1 is 0.286 bits per heavy atom. The van der Waals surface area contributed by atoms with Crippen LogP contribution >= 0.6 is 0 Å². The predicted molar refractivity (Wildman–Crippen MR) is 303 cm³/mol. The zero-order valence-corrected chi connectivity index (χ0v) is 47.3. The molecule has 0 aromatic carbocycles. The van der Waals surface area contributed by atoms with E-state index in [1.807, 2.05) is 0 Å². The molecule has 1 atom stereocenters. The van der Waals surface area contributed by atoms with Gasteiger partial charge in [-0.1, -0.05) is 308 Å². The third-order valence-corrected chi connectivity index (χ3v) is 14.2. The average molecular weight is 986 g/mol. The molecule has 0 rings (SSSR count). The van der Waals surface area contributed by atoms with E-state index in [0.717, 1.165) is 77.0 Å². The summed E-state index contributed by atoms with van der Waals surface area (Å²) in [4.78, 5) is 38.3. The topological polar surface area (TPSA) is 78.9 Å². The lowest BCUT2D eigenvalue weighted by molar-refractivity contribution is -0.167. The maximum Gasteiger partial charge on any atom is 0.306 e. The van der Waals surface area contributed by atoms with E-state index in [-0.39, 0.29) is 31.1 Å². The fourth-order valence-corrected chi connectivity index (χ4v) is 9.46. The van der Waals surface area contributed by atoms with Crippen LogP contribution in [0.25, 0.3) is 0 Å². The van der Waals surface area contributed by atoms with Crippen molar-refractivity contribution in [2.24, 2.45) is 0 Å². The van der Waals surface area contributed by atoms with Crippen molar-refractivity contribution < 1.29 is 28.6 Å². The molecule has 6 nitrogen and oxygen atoms in total. The van der Waals surface area contributed by atoms with Crippen molar-refractivity contribution in [1.29, 1.82) is 0 Å². The van der Waals surface area contributed by atoms with Gasteiger partial charge in [0, 0.05) is 19.3 Å². The lowest BCUT2D eigenvalue weighted by Gasteiger charge is -2.18. The van der Waals surface area contributed by atoms with Crippen LogP contribution in [-0.2, 0) is 28.6 Å². The van der Waals surface area contributed by atoms with Crippen LogP contribution in [0.5, 0.6) is 0 Å². The summed E-state index contributed by atoms with van der Waals surface area (Å²) in [5.74, 6) is -0.857. The van der Waals surface area contributed by atoms with Gasteiger partial charge in [0.15, 0.2) is 6.10 Å². The third kappa shape index (κ3) is 56.8. The SMILES string of the molecule is CCCC/C=C\C/C=C\CCCCCCCC(=O)OC[C@H](COC(=O)CCCCCCCCCCCCCCCCCCCCC)OC(=O)CCCCCCCCCCCCCCCCCCCCC. The van der Waals surface area contributed by atoms with Crippen molar-refractivity contribution in [2.45, 2.75) is 354 Å². The first kappa shape index (κ1) is 67.9. The van der Waals surface area contributed by atoms with Crippen LogP contribution in [0.4, 0.5) is 0 Å². The molecule has 0 saturated heterocycles. The van der Waals surface area contributed by atoms with Gasteiger partial charge in [-0.05, 0) is 44.9 Å². The van der Waals surface area contributed by atoms with Crippen molar-refractivity contribution >= 4 is 17.9 Å². The zero-order chi connectivity index (χ0) is 50.7. The molecule has 0 aliphatic heterocycles. The number of rotatable bonds is 58. The molecule has 0 aromatic rings. The van der Waals surface area contributed by atoms with E-state index in [1.54, 1.807) is 0 Å². The van der Waals surface area contributed by atoms with Gasteiger partial charge in [0.05, 0.1) is 0 Å². The number of esters is 3. The first-order chi connectivity index (χ1) is 34.5. The fourth-order valence-electron chi connectivity index (χ4n) is 9.46. The molecule has 0 heterocycles. The Balaban J connectivity index is 4.30. The second kappa shape index (κ2) is 59.5. The molecule has 0 amide bonds. The normalized spacial score (nSPS) is 12.1. The van der Waals surface area contributed by atoms with Crippen LogP contribution in [0.2, 0.25) is 0 Å². The van der Waals surface area contributed by atoms with Crippen LogP contribution in [0, 0.1) is 0 Å². The minimum atomic E-state index is -0.772. The largest absolute Gasteiger partial charge is 0.462 e. The number of hydrogen-bond acceptors (Lipinski definition) is 6. The van der Waals surface area contributed by atoms with Gasteiger partial charge in [0.2, 0.25) is 0 Å². The molecule has 412 valence electrons. The third-order valence-electron chi connectivity index (χ3n) is 14.2. The summed E-state index contributed by atoms with van der Waals surface area (Å²) in [5.41, 5.74) is 0. The Hall–Kier alpha value is -2.11. The standard InChI is InChI=1S/C64H120O6/c1-4-7-10-13-16-19-22-25-28-30-32-34-36-39-42-45-48-51-54-57-63(66)69-60-61(59-68-62(65)56-53-50-47-44-41-38-27-24-21-18-15-12-9-6-3)70-64(67)58-55-52-49-46-43-40-37-35-33-31-29-26-23-20-17-14-11-8-5-2/h15,18,24,27,61H,4-14,16-17,19-23,25-26,28-60H2,1-3H3/b18-15-,27-24-/t61-/m1/s1. The van der Waals surface area contributed by atoms with Crippen molar-refractivity contribution in [1.82, 2.24) is 0 Å². The summed E-state index contributed by atoms with van der Waals surface area (Å²) in [7, 11) is 0. The molecule has 0 aliphatic rings. The first-order valence-corrected chi connectivity index (χ1v) is 31.3. The van der Waals surface area contributed by atoms with Crippen LogP contribution in [0.1, 0.15) is 348 Å². The number of ether oxygens (including phenoxy) is 3. The van der Waals surface area contributed by atoms with Gasteiger partial charge in [-0.15, -0.1) is 0 Å². The summed E-state index contributed by atoms with van der Waals surface area (Å²) < 4.78 is 16.9. The highest BCUT2D eigenvalue weighted by molar-refractivity contribution is 5.71. The molecule has 0 radical (unpaired) electrons. The molecular formula is C64H120O6. The van der Waals surface area contributed by atoms with Crippen molar-refractivity contribution in [2.75, 3.05) is 13.2 Å². The molecule has 0 aromatic heterocycles. The Morgan fingerprint density at radius 2 is 0.529 bits per heavy atom. The zero-order valence-electron chi connectivity index (χ0n) is 47.3. The average Bonchev–Trinajstić information content (AvgIpc) is 3.36. The number of carbonyl (C=O) groups excluding carboxylic acids is 3. The minimum absolute atomic E-state index is 0.0697. The second-order valence-electron chi connectivity index (χ2n) is 21.3. The summed E-state index contributed by atoms with van der Waals surface area (Å²) in [5, 5.41) is 0. The quantitative estimate of drug-likeness (QED) is 0.0261. The molecule has 0 aliphatic carbocycles. The molecule has 0 spiro atoms. The second-order valence-corrected chi connectivity index (χ2v) is 21.3. The number of unbranched alkanes of at least 4 members (excludes halogenated alkanes) is 43. The van der Waals surface area contributed by atoms with E-state index >= 15 is 0 Å². The maximum absolute atomic E-state index is 12.9. The van der Waals surface area contributed by atoms with Crippen LogP contribution in [0.15, 0.2) is 24.3 Å². The predicted octanol–water partition coefficient (Wildman–Crippen LogP) is 21.1. The molecule has 70 heavy (non-hydrogen) atoms. The highest BCUT2D eigenvalue weighted by Crippen LogP contribution is 2.18. The van der Waals surface area contributed by atoms with Crippen LogP contribution < -0.4 is 0 Å². The summed E-state index contributed by atoms with van der Waals surface area (Å²) >= 11 is 0. The van der Waals surface area contributed by atoms with Crippen LogP contribution in [-0.4, -0.2) is 37.2 Å². The number of hydrogen-bond donors (Lipinski definition) is 0. The van der Waals surface area contributed by atoms with Gasteiger partial charge in [-0.3, -0.25) is 14.4 Å². The van der Waals surface area contributed by atoms with Gasteiger partial charge in [0.1, 0.15) is 13.2 Å². The summed E-state index contributed by atoms with van der Waals surface area (Å²) in [6.45, 7) is 6.66. The number of allylic oxidation sites excluding steroid dienone is 4. The minimum Gasteiger partial charge on any atom is -0.462 e. The van der Waals surface area contributed by atoms with E-state index < -0.39 is 6.10 Å². The molecule has 0 saturated carbocycles. The number of carbonyl (C=O) groups is 3. The van der Waals surface area contributed by atoms with Gasteiger partial charge < -0.3 is 14.2 Å². The van der Waals surface area contributed by atoms with Crippen molar-refractivity contribution in [3.05, 3.63) is 24.3 Å². The Labute approximate surface area is 436 Å². The van der Waals surface area contributed by atoms with Gasteiger partial charge in [-0.2, -0.15) is 0 Å². The van der Waals surface area contributed by atoms with E-state index in [0.29, 0.717) is 19.3 Å². The Bertz CT molecular complexity index is 1130. The smallest absolute Gasteiger partial charge is 0.306 e. The maximum atomic E-state index is 12.9. The van der Waals surface area contributed by atoms with E-state index in [1.165, 1.54) is 231 Å². The lowest BCUT2D eigenvalue weighted by atomic mass is 10.0. The molecular weight excluding hydrogens is 865 g/mol. The molecule has 0 bridgehead atoms. The fraction of sp³-hybridized carbons (Fsp3) is 0.891. The van der Waals surface area contributed by atoms with E-state index in [2.05, 4.69) is 45.1 Å². The summed E-state index contributed by atoms with van der Waals surface area (Å²) in [6, 6.07) is 0. The van der Waals surface area contributed by atoms with Crippen LogP contribution in [0.3, 0.4) is 0 Å². The Kier molecular flexibility index (Phi) is 57.7. The van der Waals surface area contributed by atoms with Crippen molar-refractivity contribution in [3.8, 4) is 0 Å². The van der Waals surface area contributed by atoms with E-state index in [9.17, 15) is 14.4 Å². The highest BCUT2D eigenvalue weighted by Gasteiger charge is 2.19.